The lowest BCUT2D eigenvalue weighted by Crippen LogP contribution is -2.13. The molecule has 0 fully saturated rings. The van der Waals surface area contributed by atoms with E-state index in [2.05, 4.69) is 5.32 Å². The summed E-state index contributed by atoms with van der Waals surface area (Å²) in [6.45, 7) is 0.247. The number of anilines is 1. The Morgan fingerprint density at radius 3 is 2.04 bits per heavy atom. The first-order chi connectivity index (χ1) is 12.2. The second kappa shape index (κ2) is 8.02. The van der Waals surface area contributed by atoms with Gasteiger partial charge in [-0.25, -0.2) is 4.79 Å². The minimum Gasteiger partial charge on any atom is -0.497 e. The predicted molar refractivity (Wildman–Crippen MR) is 98.7 cm³/mol. The van der Waals surface area contributed by atoms with Gasteiger partial charge in [0.15, 0.2) is 0 Å². The lowest BCUT2D eigenvalue weighted by Gasteiger charge is -2.08. The summed E-state index contributed by atoms with van der Waals surface area (Å²) < 4.78 is 10.4. The zero-order valence-corrected chi connectivity index (χ0v) is 13.9. The van der Waals surface area contributed by atoms with Crippen LogP contribution >= 0.6 is 0 Å². The molecule has 1 N–H and O–H groups in total. The summed E-state index contributed by atoms with van der Waals surface area (Å²) in [7, 11) is 1.65. The van der Waals surface area contributed by atoms with Crippen LogP contribution in [0.5, 0.6) is 5.75 Å². The monoisotopic (exact) mass is 333 g/mol. The van der Waals surface area contributed by atoms with E-state index in [1.54, 1.807) is 7.11 Å². The molecule has 0 unspecified atom stereocenters. The van der Waals surface area contributed by atoms with E-state index < -0.39 is 6.09 Å². The standard InChI is InChI=1S/C21H19NO3/c1-24-20-13-9-18(10-14-20)17-7-11-19(12-8-17)22-21(23)25-15-16-5-3-2-4-6-16/h2-14H,15H2,1H3,(H,22,23). The molecule has 3 rings (SSSR count). The van der Waals surface area contributed by atoms with Crippen molar-refractivity contribution in [2.24, 2.45) is 0 Å². The largest absolute Gasteiger partial charge is 0.497 e. The molecule has 0 heterocycles. The van der Waals surface area contributed by atoms with Crippen LogP contribution < -0.4 is 10.1 Å². The van der Waals surface area contributed by atoms with Gasteiger partial charge in [-0.15, -0.1) is 0 Å². The van der Waals surface area contributed by atoms with Crippen molar-refractivity contribution in [2.45, 2.75) is 6.61 Å². The number of nitrogens with one attached hydrogen (secondary N) is 1. The maximum Gasteiger partial charge on any atom is 0.411 e. The highest BCUT2D eigenvalue weighted by molar-refractivity contribution is 5.85. The fourth-order valence-corrected chi connectivity index (χ4v) is 2.41. The second-order valence-corrected chi connectivity index (χ2v) is 5.49. The summed E-state index contributed by atoms with van der Waals surface area (Å²) in [5.41, 5.74) is 3.78. The van der Waals surface area contributed by atoms with Gasteiger partial charge in [-0.3, -0.25) is 5.32 Å². The summed E-state index contributed by atoms with van der Waals surface area (Å²) in [6.07, 6.45) is -0.471. The van der Waals surface area contributed by atoms with Crippen LogP contribution in [-0.4, -0.2) is 13.2 Å². The van der Waals surface area contributed by atoms with Gasteiger partial charge in [0.2, 0.25) is 0 Å². The minimum atomic E-state index is -0.471. The molecule has 0 spiro atoms. The van der Waals surface area contributed by atoms with E-state index in [0.717, 1.165) is 22.4 Å². The number of benzene rings is 3. The molecule has 0 aliphatic carbocycles. The number of hydrogen-bond donors (Lipinski definition) is 1. The second-order valence-electron chi connectivity index (χ2n) is 5.49. The van der Waals surface area contributed by atoms with E-state index >= 15 is 0 Å². The topological polar surface area (TPSA) is 47.6 Å². The Hall–Kier alpha value is -3.27. The van der Waals surface area contributed by atoms with Crippen LogP contribution in [0.3, 0.4) is 0 Å². The maximum atomic E-state index is 11.9. The first-order valence-corrected chi connectivity index (χ1v) is 7.97. The van der Waals surface area contributed by atoms with E-state index in [4.69, 9.17) is 9.47 Å². The molecule has 126 valence electrons. The third-order valence-corrected chi connectivity index (χ3v) is 3.77. The zero-order chi connectivity index (χ0) is 17.5. The van der Waals surface area contributed by atoms with Crippen LogP contribution in [0.1, 0.15) is 5.56 Å². The van der Waals surface area contributed by atoms with Crippen LogP contribution in [0.15, 0.2) is 78.9 Å². The number of hydrogen-bond acceptors (Lipinski definition) is 3. The van der Waals surface area contributed by atoms with Crippen molar-refractivity contribution in [1.29, 1.82) is 0 Å². The number of carbonyl (C=O) groups excluding carboxylic acids is 1. The van der Waals surface area contributed by atoms with Crippen LogP contribution in [0.2, 0.25) is 0 Å². The molecule has 0 saturated carbocycles. The SMILES string of the molecule is COc1ccc(-c2ccc(NC(=O)OCc3ccccc3)cc2)cc1. The number of carbonyl (C=O) groups is 1. The summed E-state index contributed by atoms with van der Waals surface area (Å²) in [4.78, 5) is 11.9. The Morgan fingerprint density at radius 1 is 0.840 bits per heavy atom. The van der Waals surface area contributed by atoms with Crippen LogP contribution in [0.25, 0.3) is 11.1 Å². The Balaban J connectivity index is 1.57. The molecule has 0 atom stereocenters. The smallest absolute Gasteiger partial charge is 0.411 e. The molecule has 0 saturated heterocycles. The summed E-state index contributed by atoms with van der Waals surface area (Å²) in [6, 6.07) is 25.0. The predicted octanol–water partition coefficient (Wildman–Crippen LogP) is 5.11. The van der Waals surface area contributed by atoms with Crippen LogP contribution in [0, 0.1) is 0 Å². The maximum absolute atomic E-state index is 11.9. The van der Waals surface area contributed by atoms with Crippen molar-refractivity contribution in [3.8, 4) is 16.9 Å². The highest BCUT2D eigenvalue weighted by atomic mass is 16.5. The highest BCUT2D eigenvalue weighted by Crippen LogP contribution is 2.23. The molecule has 25 heavy (non-hydrogen) atoms. The van der Waals surface area contributed by atoms with Gasteiger partial charge in [0, 0.05) is 5.69 Å². The highest BCUT2D eigenvalue weighted by Gasteiger charge is 2.04. The summed E-state index contributed by atoms with van der Waals surface area (Å²) in [5, 5.41) is 2.73. The lowest BCUT2D eigenvalue weighted by molar-refractivity contribution is 0.155. The quantitative estimate of drug-likeness (QED) is 0.706. The van der Waals surface area contributed by atoms with Gasteiger partial charge in [0.25, 0.3) is 0 Å². The van der Waals surface area contributed by atoms with Gasteiger partial charge in [0.05, 0.1) is 7.11 Å². The average Bonchev–Trinajstić information content (AvgIpc) is 2.68. The fraction of sp³-hybridized carbons (Fsp3) is 0.0952. The number of methoxy groups -OCH3 is 1. The van der Waals surface area contributed by atoms with Crippen molar-refractivity contribution in [2.75, 3.05) is 12.4 Å². The summed E-state index contributed by atoms with van der Waals surface area (Å²) >= 11 is 0. The van der Waals surface area contributed by atoms with Crippen molar-refractivity contribution in [3.05, 3.63) is 84.4 Å². The molecule has 4 nitrogen and oxygen atoms in total. The normalized spacial score (nSPS) is 10.1. The Kier molecular flexibility index (Phi) is 5.32. The number of amides is 1. The molecular weight excluding hydrogens is 314 g/mol. The van der Waals surface area contributed by atoms with E-state index in [0.29, 0.717) is 5.69 Å². The Labute approximate surface area is 147 Å². The number of ether oxygens (including phenoxy) is 2. The van der Waals surface area contributed by atoms with Crippen molar-refractivity contribution >= 4 is 11.8 Å². The molecule has 3 aromatic rings. The molecule has 3 aromatic carbocycles. The van der Waals surface area contributed by atoms with Crippen molar-refractivity contribution in [3.63, 3.8) is 0 Å². The number of rotatable bonds is 5. The van der Waals surface area contributed by atoms with Gasteiger partial charge in [-0.2, -0.15) is 0 Å². The first kappa shape index (κ1) is 16.6. The zero-order valence-electron chi connectivity index (χ0n) is 13.9. The molecule has 0 aliphatic heterocycles. The van der Waals surface area contributed by atoms with Gasteiger partial charge in [-0.1, -0.05) is 54.6 Å². The van der Waals surface area contributed by atoms with Crippen LogP contribution in [0.4, 0.5) is 10.5 Å². The van der Waals surface area contributed by atoms with Gasteiger partial charge in [-0.05, 0) is 41.0 Å². The summed E-state index contributed by atoms with van der Waals surface area (Å²) in [5.74, 6) is 0.822. The third kappa shape index (κ3) is 4.61. The molecule has 0 bridgehead atoms. The minimum absolute atomic E-state index is 0.247. The van der Waals surface area contributed by atoms with Gasteiger partial charge < -0.3 is 9.47 Å². The van der Waals surface area contributed by atoms with E-state index in [-0.39, 0.29) is 6.61 Å². The lowest BCUT2D eigenvalue weighted by atomic mass is 10.1. The Morgan fingerprint density at radius 2 is 1.44 bits per heavy atom. The fourth-order valence-electron chi connectivity index (χ4n) is 2.41. The van der Waals surface area contributed by atoms with E-state index in [1.165, 1.54) is 0 Å². The average molecular weight is 333 g/mol. The molecule has 0 radical (unpaired) electrons. The first-order valence-electron chi connectivity index (χ1n) is 7.97. The molecule has 4 heteroatoms. The van der Waals surface area contributed by atoms with Crippen molar-refractivity contribution in [1.82, 2.24) is 0 Å². The van der Waals surface area contributed by atoms with Gasteiger partial charge >= 0.3 is 6.09 Å². The molecule has 0 aromatic heterocycles. The third-order valence-electron chi connectivity index (χ3n) is 3.77. The molecule has 1 amide bonds. The van der Waals surface area contributed by atoms with Gasteiger partial charge in [0.1, 0.15) is 12.4 Å². The van der Waals surface area contributed by atoms with E-state index in [1.807, 2.05) is 78.9 Å². The molecular formula is C21H19NO3. The van der Waals surface area contributed by atoms with Crippen molar-refractivity contribution < 1.29 is 14.3 Å². The van der Waals surface area contributed by atoms with Crippen LogP contribution in [-0.2, 0) is 11.3 Å². The van der Waals surface area contributed by atoms with E-state index in [9.17, 15) is 4.79 Å². The Bertz CT molecular complexity index is 812. The molecule has 0 aliphatic rings.